The Bertz CT molecular complexity index is 247. The third-order valence-corrected chi connectivity index (χ3v) is 3.79. The molecule has 3 nitrogen and oxygen atoms in total. The first-order chi connectivity index (χ1) is 7.58. The van der Waals surface area contributed by atoms with E-state index in [1.54, 1.807) is 6.92 Å². The first-order valence-electron chi connectivity index (χ1n) is 6.29. The highest BCUT2D eigenvalue weighted by molar-refractivity contribution is 5.10. The number of ether oxygens (including phenoxy) is 1. The molecule has 0 heterocycles. The van der Waals surface area contributed by atoms with Gasteiger partial charge in [0.2, 0.25) is 0 Å². The minimum atomic E-state index is -1.03. The van der Waals surface area contributed by atoms with Crippen LogP contribution in [0.25, 0.3) is 0 Å². The number of rotatable bonds is 4. The molecule has 1 rings (SSSR count). The van der Waals surface area contributed by atoms with Gasteiger partial charge in [-0.1, -0.05) is 25.7 Å². The maximum Gasteiger partial charge on any atom is 0.104 e. The zero-order chi connectivity index (χ0) is 12.1. The third-order valence-electron chi connectivity index (χ3n) is 3.79. The first kappa shape index (κ1) is 13.5. The lowest BCUT2D eigenvalue weighted by Crippen LogP contribution is -2.48. The van der Waals surface area contributed by atoms with E-state index in [1.165, 1.54) is 12.8 Å². The number of nitriles is 1. The Kier molecular flexibility index (Phi) is 4.76. The number of hydrogen-bond donors (Lipinski definition) is 1. The van der Waals surface area contributed by atoms with Crippen LogP contribution in [0.3, 0.4) is 0 Å². The topological polar surface area (TPSA) is 53.2 Å². The summed E-state index contributed by atoms with van der Waals surface area (Å²) >= 11 is 0. The smallest absolute Gasteiger partial charge is 0.104 e. The molecule has 0 spiro atoms. The Morgan fingerprint density at radius 2 is 1.88 bits per heavy atom. The maximum absolute atomic E-state index is 10.5. The van der Waals surface area contributed by atoms with Gasteiger partial charge in [0.25, 0.3) is 0 Å². The molecular weight excluding hydrogens is 202 g/mol. The average Bonchev–Trinajstić information content (AvgIpc) is 2.52. The summed E-state index contributed by atoms with van der Waals surface area (Å²) in [6.45, 7) is 4.49. The number of aliphatic hydroxyl groups is 1. The van der Waals surface area contributed by atoms with E-state index in [0.29, 0.717) is 6.61 Å². The highest BCUT2D eigenvalue weighted by atomic mass is 16.5. The lowest BCUT2D eigenvalue weighted by atomic mass is 9.69. The average molecular weight is 225 g/mol. The molecule has 1 saturated carbocycles. The molecule has 0 aromatic rings. The van der Waals surface area contributed by atoms with Crippen molar-refractivity contribution in [3.8, 4) is 6.07 Å². The van der Waals surface area contributed by atoms with Crippen molar-refractivity contribution in [3.05, 3.63) is 0 Å². The summed E-state index contributed by atoms with van der Waals surface area (Å²) in [6.07, 6.45) is 6.01. The Hall–Kier alpha value is -0.590. The van der Waals surface area contributed by atoms with Gasteiger partial charge in [-0.15, -0.1) is 0 Å². The summed E-state index contributed by atoms with van der Waals surface area (Å²) in [6, 6.07) is 2.38. The number of nitrogens with zero attached hydrogens (tertiary/aromatic N) is 1. The third kappa shape index (κ3) is 2.75. The first-order valence-corrected chi connectivity index (χ1v) is 6.29. The fraction of sp³-hybridized carbons (Fsp3) is 0.923. The fourth-order valence-electron chi connectivity index (χ4n) is 2.54. The van der Waals surface area contributed by atoms with Crippen LogP contribution in [0.2, 0.25) is 0 Å². The van der Waals surface area contributed by atoms with E-state index in [-0.39, 0.29) is 6.61 Å². The van der Waals surface area contributed by atoms with Crippen molar-refractivity contribution < 1.29 is 9.84 Å². The minimum Gasteiger partial charge on any atom is -0.386 e. The molecule has 1 aliphatic rings. The van der Waals surface area contributed by atoms with E-state index in [9.17, 15) is 10.4 Å². The van der Waals surface area contributed by atoms with Crippen molar-refractivity contribution >= 4 is 0 Å². The van der Waals surface area contributed by atoms with Gasteiger partial charge in [-0.2, -0.15) is 5.26 Å². The molecule has 3 heteroatoms. The highest BCUT2D eigenvalue weighted by Crippen LogP contribution is 2.43. The van der Waals surface area contributed by atoms with E-state index < -0.39 is 11.0 Å². The fourth-order valence-corrected chi connectivity index (χ4v) is 2.54. The van der Waals surface area contributed by atoms with Gasteiger partial charge in [-0.05, 0) is 26.7 Å². The molecule has 92 valence electrons. The SMILES string of the molecule is CCOCC(C)(O)C1(C#N)CCCCCC1. The molecule has 1 atom stereocenters. The van der Waals surface area contributed by atoms with Crippen molar-refractivity contribution in [1.29, 1.82) is 5.26 Å². The largest absolute Gasteiger partial charge is 0.386 e. The van der Waals surface area contributed by atoms with Gasteiger partial charge in [-0.3, -0.25) is 0 Å². The van der Waals surface area contributed by atoms with E-state index in [2.05, 4.69) is 6.07 Å². The molecule has 1 unspecified atom stereocenters. The van der Waals surface area contributed by atoms with E-state index in [4.69, 9.17) is 4.74 Å². The minimum absolute atomic E-state index is 0.261. The van der Waals surface area contributed by atoms with Crippen molar-refractivity contribution in [1.82, 2.24) is 0 Å². The van der Waals surface area contributed by atoms with Gasteiger partial charge in [0.1, 0.15) is 5.60 Å². The molecule has 0 saturated heterocycles. The van der Waals surface area contributed by atoms with Crippen LogP contribution in [0.5, 0.6) is 0 Å². The lowest BCUT2D eigenvalue weighted by Gasteiger charge is -2.39. The Labute approximate surface area is 98.4 Å². The second-order valence-corrected chi connectivity index (χ2v) is 5.02. The summed E-state index contributed by atoms with van der Waals surface area (Å²) in [4.78, 5) is 0. The monoisotopic (exact) mass is 225 g/mol. The van der Waals surface area contributed by atoms with Gasteiger partial charge < -0.3 is 9.84 Å². The lowest BCUT2D eigenvalue weighted by molar-refractivity contribution is -0.102. The predicted molar refractivity (Wildman–Crippen MR) is 62.9 cm³/mol. The standard InChI is InChI=1S/C13H23NO2/c1-3-16-11-12(2,15)13(10-14)8-6-4-5-7-9-13/h15H,3-9,11H2,1-2H3. The van der Waals surface area contributed by atoms with E-state index in [0.717, 1.165) is 25.7 Å². The molecule has 1 fully saturated rings. The molecule has 0 radical (unpaired) electrons. The van der Waals surface area contributed by atoms with Crippen molar-refractivity contribution in [2.75, 3.05) is 13.2 Å². The molecular formula is C13H23NO2. The maximum atomic E-state index is 10.5. The van der Waals surface area contributed by atoms with Crippen LogP contribution >= 0.6 is 0 Å². The van der Waals surface area contributed by atoms with Crippen LogP contribution in [0, 0.1) is 16.7 Å². The Balaban J connectivity index is 2.80. The van der Waals surface area contributed by atoms with Crippen LogP contribution in [0.1, 0.15) is 52.4 Å². The number of hydrogen-bond acceptors (Lipinski definition) is 3. The van der Waals surface area contributed by atoms with E-state index >= 15 is 0 Å². The Morgan fingerprint density at radius 3 is 2.31 bits per heavy atom. The molecule has 0 aliphatic heterocycles. The van der Waals surface area contributed by atoms with Crippen molar-refractivity contribution in [2.24, 2.45) is 5.41 Å². The van der Waals surface area contributed by atoms with Gasteiger partial charge in [0, 0.05) is 6.61 Å². The van der Waals surface area contributed by atoms with E-state index in [1.807, 2.05) is 6.92 Å². The second kappa shape index (κ2) is 5.65. The summed E-state index contributed by atoms with van der Waals surface area (Å²) < 4.78 is 5.32. The normalized spacial score (nSPS) is 24.1. The molecule has 0 aromatic carbocycles. The van der Waals surface area contributed by atoms with Gasteiger partial charge in [-0.25, -0.2) is 0 Å². The van der Waals surface area contributed by atoms with Crippen LogP contribution in [-0.2, 0) is 4.74 Å². The second-order valence-electron chi connectivity index (χ2n) is 5.02. The zero-order valence-corrected chi connectivity index (χ0v) is 10.5. The van der Waals surface area contributed by atoms with Crippen LogP contribution in [0.15, 0.2) is 0 Å². The summed E-state index contributed by atoms with van der Waals surface area (Å²) in [5.74, 6) is 0. The summed E-state index contributed by atoms with van der Waals surface area (Å²) in [5, 5.41) is 19.9. The molecule has 1 aliphatic carbocycles. The van der Waals surface area contributed by atoms with Crippen LogP contribution in [-0.4, -0.2) is 23.9 Å². The molecule has 0 amide bonds. The molecule has 16 heavy (non-hydrogen) atoms. The van der Waals surface area contributed by atoms with Gasteiger partial charge in [0.05, 0.1) is 18.1 Å². The van der Waals surface area contributed by atoms with Gasteiger partial charge in [0.15, 0.2) is 0 Å². The predicted octanol–water partition coefficient (Wildman–Crippen LogP) is 2.64. The van der Waals surface area contributed by atoms with Crippen LogP contribution < -0.4 is 0 Å². The zero-order valence-electron chi connectivity index (χ0n) is 10.5. The summed E-state index contributed by atoms with van der Waals surface area (Å²) in [5.41, 5.74) is -1.64. The van der Waals surface area contributed by atoms with Crippen molar-refractivity contribution in [3.63, 3.8) is 0 Å². The molecule has 0 bridgehead atoms. The Morgan fingerprint density at radius 1 is 1.31 bits per heavy atom. The van der Waals surface area contributed by atoms with Gasteiger partial charge >= 0.3 is 0 Å². The summed E-state index contributed by atoms with van der Waals surface area (Å²) in [7, 11) is 0. The quantitative estimate of drug-likeness (QED) is 0.748. The molecule has 0 aromatic heterocycles. The van der Waals surface area contributed by atoms with Crippen molar-refractivity contribution in [2.45, 2.75) is 58.0 Å². The highest BCUT2D eigenvalue weighted by Gasteiger charge is 2.47. The van der Waals surface area contributed by atoms with Crippen LogP contribution in [0.4, 0.5) is 0 Å². The molecule has 1 N–H and O–H groups in total.